The van der Waals surface area contributed by atoms with Crippen molar-refractivity contribution in [2.24, 2.45) is 10.8 Å². The van der Waals surface area contributed by atoms with Crippen molar-refractivity contribution in [1.82, 2.24) is 0 Å². The minimum Gasteiger partial charge on any atom is -0.300 e. The van der Waals surface area contributed by atoms with E-state index in [-0.39, 0.29) is 10.8 Å². The summed E-state index contributed by atoms with van der Waals surface area (Å²) in [5.74, 6) is 0.297. The van der Waals surface area contributed by atoms with Gasteiger partial charge >= 0.3 is 0 Å². The molecule has 2 fully saturated rings. The van der Waals surface area contributed by atoms with Crippen LogP contribution in [0.15, 0.2) is 0 Å². The van der Waals surface area contributed by atoms with E-state index in [9.17, 15) is 10.1 Å². The topological polar surface area (TPSA) is 40.9 Å². The van der Waals surface area contributed by atoms with Gasteiger partial charge in [-0.3, -0.25) is 4.79 Å². The van der Waals surface area contributed by atoms with Gasteiger partial charge in [-0.1, -0.05) is 19.8 Å². The predicted octanol–water partition coefficient (Wildman–Crippen LogP) is 2.83. The van der Waals surface area contributed by atoms with Gasteiger partial charge in [0, 0.05) is 12.8 Å². The summed E-state index contributed by atoms with van der Waals surface area (Å²) in [6.45, 7) is 2.21. The number of Topliss-reactive ketones (excluding diaryl/α,β-unsaturated/α-hetero) is 1. The van der Waals surface area contributed by atoms with Gasteiger partial charge in [0.05, 0.1) is 11.5 Å². The molecular weight excluding hydrogens is 174 g/mol. The van der Waals surface area contributed by atoms with Crippen molar-refractivity contribution in [2.45, 2.75) is 51.9 Å². The maximum atomic E-state index is 11.5. The van der Waals surface area contributed by atoms with Crippen molar-refractivity contribution in [3.63, 3.8) is 0 Å². The van der Waals surface area contributed by atoms with Crippen LogP contribution in [0.5, 0.6) is 0 Å². The molecule has 0 radical (unpaired) electrons. The lowest BCUT2D eigenvalue weighted by Gasteiger charge is -2.50. The summed E-state index contributed by atoms with van der Waals surface area (Å²) < 4.78 is 0. The highest BCUT2D eigenvalue weighted by Gasteiger charge is 2.53. The third-order valence-electron chi connectivity index (χ3n) is 4.41. The number of carbonyl (C=O) groups excluding carboxylic acids is 1. The number of rotatable bonds is 0. The zero-order valence-corrected chi connectivity index (χ0v) is 8.81. The van der Waals surface area contributed by atoms with Crippen LogP contribution in [0.25, 0.3) is 0 Å². The largest absolute Gasteiger partial charge is 0.300 e. The second-order valence-electron chi connectivity index (χ2n) is 5.18. The van der Waals surface area contributed by atoms with Crippen molar-refractivity contribution in [3.05, 3.63) is 0 Å². The molecule has 0 N–H and O–H groups in total. The predicted molar refractivity (Wildman–Crippen MR) is 53.5 cm³/mol. The van der Waals surface area contributed by atoms with E-state index in [1.54, 1.807) is 0 Å². The second-order valence-corrected chi connectivity index (χ2v) is 5.18. The number of carbonyl (C=O) groups is 1. The van der Waals surface area contributed by atoms with Gasteiger partial charge in [0.2, 0.25) is 0 Å². The lowest BCUT2D eigenvalue weighted by atomic mass is 9.51. The van der Waals surface area contributed by atoms with E-state index >= 15 is 0 Å². The van der Waals surface area contributed by atoms with Crippen LogP contribution in [0.4, 0.5) is 0 Å². The van der Waals surface area contributed by atoms with E-state index < -0.39 is 0 Å². The minimum atomic E-state index is -0.319. The fourth-order valence-corrected chi connectivity index (χ4v) is 3.22. The molecule has 2 nitrogen and oxygen atoms in total. The number of fused-ring (bicyclic) bond motifs is 1. The number of nitrogens with zero attached hydrogens (tertiary/aromatic N) is 1. The van der Waals surface area contributed by atoms with E-state index in [4.69, 9.17) is 0 Å². The van der Waals surface area contributed by atoms with Gasteiger partial charge in [-0.15, -0.1) is 0 Å². The first-order valence-corrected chi connectivity index (χ1v) is 5.55. The third-order valence-corrected chi connectivity index (χ3v) is 4.41. The van der Waals surface area contributed by atoms with Crippen LogP contribution in [0, 0.1) is 22.2 Å². The number of nitriles is 1. The fraction of sp³-hybridized carbons (Fsp3) is 0.833. The number of ketones is 1. The van der Waals surface area contributed by atoms with Crippen LogP contribution in [0.2, 0.25) is 0 Å². The maximum Gasteiger partial charge on any atom is 0.134 e. The van der Waals surface area contributed by atoms with Gasteiger partial charge in [0.25, 0.3) is 0 Å². The van der Waals surface area contributed by atoms with Gasteiger partial charge < -0.3 is 0 Å². The molecule has 76 valence electrons. The smallest absolute Gasteiger partial charge is 0.134 e. The first kappa shape index (κ1) is 9.71. The van der Waals surface area contributed by atoms with E-state index in [0.717, 1.165) is 25.7 Å². The normalized spacial score (nSPS) is 42.7. The Balaban J connectivity index is 2.35. The van der Waals surface area contributed by atoms with Crippen molar-refractivity contribution in [2.75, 3.05) is 0 Å². The molecule has 0 spiro atoms. The zero-order chi connectivity index (χ0) is 10.2. The molecule has 0 aliphatic heterocycles. The Labute approximate surface area is 85.3 Å². The fourth-order valence-electron chi connectivity index (χ4n) is 3.22. The molecule has 0 aromatic heterocycles. The molecule has 2 heteroatoms. The molecule has 2 unspecified atom stereocenters. The van der Waals surface area contributed by atoms with Crippen LogP contribution in [-0.4, -0.2) is 5.78 Å². The monoisotopic (exact) mass is 191 g/mol. The minimum absolute atomic E-state index is 0.119. The highest BCUT2D eigenvalue weighted by atomic mass is 16.1. The molecule has 0 bridgehead atoms. The Morgan fingerprint density at radius 1 is 1.29 bits per heavy atom. The summed E-state index contributed by atoms with van der Waals surface area (Å²) in [6.07, 6.45) is 6.56. The molecule has 0 amide bonds. The van der Waals surface area contributed by atoms with Crippen molar-refractivity contribution >= 4 is 5.78 Å². The van der Waals surface area contributed by atoms with Crippen molar-refractivity contribution < 1.29 is 4.79 Å². The van der Waals surface area contributed by atoms with Crippen molar-refractivity contribution in [1.29, 1.82) is 5.26 Å². The Morgan fingerprint density at radius 2 is 2.00 bits per heavy atom. The van der Waals surface area contributed by atoms with Crippen LogP contribution in [0.3, 0.4) is 0 Å². The first-order valence-electron chi connectivity index (χ1n) is 5.55. The average Bonchev–Trinajstić information content (AvgIpc) is 2.19. The molecule has 2 aliphatic carbocycles. The maximum absolute atomic E-state index is 11.5. The van der Waals surface area contributed by atoms with Crippen LogP contribution in [-0.2, 0) is 4.79 Å². The standard InChI is InChI=1S/C12H17NO/c1-11-5-2-3-6-12(11,9-13)8-10(14)4-7-11/h2-8H2,1H3. The summed E-state index contributed by atoms with van der Waals surface area (Å²) in [5, 5.41) is 9.36. The van der Waals surface area contributed by atoms with Crippen molar-refractivity contribution in [3.8, 4) is 6.07 Å². The molecule has 2 rings (SSSR count). The molecule has 14 heavy (non-hydrogen) atoms. The lowest BCUT2D eigenvalue weighted by Crippen LogP contribution is -2.46. The van der Waals surface area contributed by atoms with E-state index in [1.807, 2.05) is 0 Å². The van der Waals surface area contributed by atoms with Gasteiger partial charge in [-0.05, 0) is 24.7 Å². The van der Waals surface area contributed by atoms with E-state index in [1.165, 1.54) is 6.42 Å². The Hall–Kier alpha value is -0.840. The average molecular weight is 191 g/mol. The number of hydrogen-bond acceptors (Lipinski definition) is 2. The summed E-state index contributed by atoms with van der Waals surface area (Å²) in [5.41, 5.74) is -0.200. The Bertz CT molecular complexity index is 304. The van der Waals surface area contributed by atoms with E-state index in [0.29, 0.717) is 18.6 Å². The van der Waals surface area contributed by atoms with Gasteiger partial charge in [-0.25, -0.2) is 0 Å². The highest BCUT2D eigenvalue weighted by Crippen LogP contribution is 2.57. The molecule has 2 aliphatic rings. The highest BCUT2D eigenvalue weighted by molar-refractivity contribution is 5.80. The number of hydrogen-bond donors (Lipinski definition) is 0. The molecule has 0 heterocycles. The Morgan fingerprint density at radius 3 is 2.71 bits per heavy atom. The quantitative estimate of drug-likeness (QED) is 0.590. The molecule has 0 aromatic carbocycles. The third kappa shape index (κ3) is 1.19. The summed E-state index contributed by atoms with van der Waals surface area (Å²) in [6, 6.07) is 2.47. The van der Waals surface area contributed by atoms with Gasteiger partial charge in [0.1, 0.15) is 5.78 Å². The van der Waals surface area contributed by atoms with Crippen LogP contribution < -0.4 is 0 Å². The van der Waals surface area contributed by atoms with E-state index in [2.05, 4.69) is 13.0 Å². The SMILES string of the molecule is CC12CCCCC1(C#N)CC(=O)CC2. The second kappa shape index (κ2) is 3.08. The molecule has 0 saturated heterocycles. The lowest BCUT2D eigenvalue weighted by molar-refractivity contribution is -0.129. The molecule has 2 atom stereocenters. The van der Waals surface area contributed by atoms with Crippen LogP contribution >= 0.6 is 0 Å². The summed E-state index contributed by atoms with van der Waals surface area (Å²) >= 11 is 0. The zero-order valence-electron chi connectivity index (χ0n) is 8.81. The van der Waals surface area contributed by atoms with Gasteiger partial charge in [-0.2, -0.15) is 5.26 Å². The molecule has 2 saturated carbocycles. The first-order chi connectivity index (χ1) is 6.62. The molecular formula is C12H17NO. The summed E-state index contributed by atoms with van der Waals surface area (Å²) in [7, 11) is 0. The Kier molecular flexibility index (Phi) is 2.14. The summed E-state index contributed by atoms with van der Waals surface area (Å²) in [4.78, 5) is 11.5. The molecule has 0 aromatic rings. The van der Waals surface area contributed by atoms with Crippen LogP contribution in [0.1, 0.15) is 51.9 Å². The van der Waals surface area contributed by atoms with Gasteiger partial charge in [0.15, 0.2) is 0 Å².